The van der Waals surface area contributed by atoms with E-state index in [1.54, 1.807) is 4.90 Å². The molecule has 2 rings (SSSR count). The van der Waals surface area contributed by atoms with E-state index in [1.807, 2.05) is 6.92 Å². The molecule has 26 heavy (non-hydrogen) atoms. The van der Waals surface area contributed by atoms with E-state index in [0.29, 0.717) is 13.1 Å². The molecule has 0 saturated carbocycles. The van der Waals surface area contributed by atoms with Crippen molar-refractivity contribution in [1.29, 1.82) is 0 Å². The molecule has 9 nitrogen and oxygen atoms in total. The number of nitro groups is 1. The van der Waals surface area contributed by atoms with Crippen molar-refractivity contribution in [3.8, 4) is 0 Å². The van der Waals surface area contributed by atoms with Crippen molar-refractivity contribution in [3.05, 3.63) is 34.4 Å². The molecule has 2 unspecified atom stereocenters. The zero-order valence-electron chi connectivity index (χ0n) is 14.9. The highest BCUT2D eigenvalue weighted by atomic mass is 32.2. The molecule has 1 saturated heterocycles. The topological polar surface area (TPSA) is 127 Å². The second-order valence-electron chi connectivity index (χ2n) is 6.62. The zero-order chi connectivity index (χ0) is 19.5. The third-order valence-electron chi connectivity index (χ3n) is 4.65. The summed E-state index contributed by atoms with van der Waals surface area (Å²) in [5, 5.41) is 10.8. The Morgan fingerprint density at radius 2 is 2.19 bits per heavy atom. The second kappa shape index (κ2) is 8.11. The minimum atomic E-state index is -4.00. The van der Waals surface area contributed by atoms with Crippen molar-refractivity contribution in [2.24, 2.45) is 11.7 Å². The number of likely N-dealkylation sites (N-methyl/N-ethyl adjacent to an activating group) is 1. The standard InChI is InChI=1S/C16H24N4O5S/c1-12(17)13-5-4-8-19(10-13)16(21)11-18(2)26(24,25)15-7-3-6-14(9-15)20(22)23/h3,6-7,9,12-13H,4-5,8,10-11,17H2,1-2H3. The van der Waals surface area contributed by atoms with Gasteiger partial charge in [-0.15, -0.1) is 0 Å². The summed E-state index contributed by atoms with van der Waals surface area (Å²) in [6.07, 6.45) is 1.78. The summed E-state index contributed by atoms with van der Waals surface area (Å²) in [6.45, 7) is 2.67. The number of nitrogens with two attached hydrogens (primary N) is 1. The van der Waals surface area contributed by atoms with Gasteiger partial charge in [0.15, 0.2) is 0 Å². The van der Waals surface area contributed by atoms with Crippen LogP contribution in [0.5, 0.6) is 0 Å². The molecule has 2 atom stereocenters. The van der Waals surface area contributed by atoms with Crippen molar-refractivity contribution < 1.29 is 18.1 Å². The molecule has 0 spiro atoms. The van der Waals surface area contributed by atoms with Crippen molar-refractivity contribution in [2.75, 3.05) is 26.7 Å². The quantitative estimate of drug-likeness (QED) is 0.571. The molecule has 0 bridgehead atoms. The lowest BCUT2D eigenvalue weighted by Gasteiger charge is -2.35. The zero-order valence-corrected chi connectivity index (χ0v) is 15.7. The number of hydrogen-bond donors (Lipinski definition) is 1. The number of sulfonamides is 1. The first kappa shape index (κ1) is 20.3. The predicted octanol–water partition coefficient (Wildman–Crippen LogP) is 0.801. The Morgan fingerprint density at radius 3 is 2.81 bits per heavy atom. The number of hydrogen-bond acceptors (Lipinski definition) is 6. The van der Waals surface area contributed by atoms with Gasteiger partial charge >= 0.3 is 0 Å². The molecule has 0 aromatic heterocycles. The maximum Gasteiger partial charge on any atom is 0.270 e. The Labute approximate surface area is 153 Å². The van der Waals surface area contributed by atoms with Crippen molar-refractivity contribution in [1.82, 2.24) is 9.21 Å². The molecule has 0 aliphatic carbocycles. The van der Waals surface area contributed by atoms with Gasteiger partial charge in [0.05, 0.1) is 16.4 Å². The van der Waals surface area contributed by atoms with Gasteiger partial charge in [0.25, 0.3) is 5.69 Å². The molecule has 1 aliphatic heterocycles. The van der Waals surface area contributed by atoms with Crippen LogP contribution in [0, 0.1) is 16.0 Å². The van der Waals surface area contributed by atoms with E-state index < -0.39 is 14.9 Å². The monoisotopic (exact) mass is 384 g/mol. The Hall–Kier alpha value is -2.04. The predicted molar refractivity (Wildman–Crippen MR) is 95.9 cm³/mol. The third-order valence-corrected chi connectivity index (χ3v) is 6.45. The molecule has 2 N–H and O–H groups in total. The van der Waals surface area contributed by atoms with Crippen molar-refractivity contribution >= 4 is 21.6 Å². The lowest BCUT2D eigenvalue weighted by molar-refractivity contribution is -0.385. The Balaban J connectivity index is 2.10. The molecular formula is C16H24N4O5S. The highest BCUT2D eigenvalue weighted by Gasteiger charge is 2.29. The maximum absolute atomic E-state index is 12.6. The van der Waals surface area contributed by atoms with Crippen LogP contribution in [-0.2, 0) is 14.8 Å². The van der Waals surface area contributed by atoms with Crippen LogP contribution in [0.3, 0.4) is 0 Å². The number of nitrogens with zero attached hydrogens (tertiary/aromatic N) is 3. The molecule has 0 radical (unpaired) electrons. The first-order chi connectivity index (χ1) is 12.1. The van der Waals surface area contributed by atoms with Gasteiger partial charge in [0, 0.05) is 38.3 Å². The van der Waals surface area contributed by atoms with Crippen LogP contribution < -0.4 is 5.73 Å². The molecule has 1 amide bonds. The highest BCUT2D eigenvalue weighted by molar-refractivity contribution is 7.89. The molecule has 144 valence electrons. The van der Waals surface area contributed by atoms with Crippen LogP contribution in [0.2, 0.25) is 0 Å². The molecular weight excluding hydrogens is 360 g/mol. The van der Waals surface area contributed by atoms with E-state index in [4.69, 9.17) is 5.73 Å². The summed E-state index contributed by atoms with van der Waals surface area (Å²) in [7, 11) is -2.71. The SMILES string of the molecule is CC(N)C1CCCN(C(=O)CN(C)S(=O)(=O)c2cccc([N+](=O)[O-])c2)C1. The van der Waals surface area contributed by atoms with E-state index >= 15 is 0 Å². The van der Waals surface area contributed by atoms with Gasteiger partial charge in [-0.1, -0.05) is 6.07 Å². The summed E-state index contributed by atoms with van der Waals surface area (Å²) >= 11 is 0. The van der Waals surface area contributed by atoms with Crippen LogP contribution in [0.25, 0.3) is 0 Å². The average molecular weight is 384 g/mol. The number of amides is 1. The van der Waals surface area contributed by atoms with Crippen LogP contribution in [0.15, 0.2) is 29.2 Å². The van der Waals surface area contributed by atoms with Gasteiger partial charge in [-0.3, -0.25) is 14.9 Å². The molecule has 10 heteroatoms. The molecule has 1 aromatic rings. The fourth-order valence-electron chi connectivity index (χ4n) is 2.98. The minimum Gasteiger partial charge on any atom is -0.341 e. The van der Waals surface area contributed by atoms with Gasteiger partial charge in [-0.25, -0.2) is 8.42 Å². The van der Waals surface area contributed by atoms with Crippen LogP contribution in [0.1, 0.15) is 19.8 Å². The summed E-state index contributed by atoms with van der Waals surface area (Å²) in [5.41, 5.74) is 5.60. The Bertz CT molecular complexity index is 781. The number of non-ortho nitro benzene ring substituents is 1. The van der Waals surface area contributed by atoms with E-state index in [9.17, 15) is 23.3 Å². The average Bonchev–Trinajstić information content (AvgIpc) is 2.61. The van der Waals surface area contributed by atoms with Crippen LogP contribution in [0.4, 0.5) is 5.69 Å². The fraction of sp³-hybridized carbons (Fsp3) is 0.562. The summed E-state index contributed by atoms with van der Waals surface area (Å²) in [6, 6.07) is 4.75. The summed E-state index contributed by atoms with van der Waals surface area (Å²) in [4.78, 5) is 24.1. The lowest BCUT2D eigenvalue weighted by atomic mass is 9.92. The second-order valence-corrected chi connectivity index (χ2v) is 8.66. The van der Waals surface area contributed by atoms with Crippen molar-refractivity contribution in [2.45, 2.75) is 30.7 Å². The highest BCUT2D eigenvalue weighted by Crippen LogP contribution is 2.22. The number of nitro benzene ring substituents is 1. The number of benzene rings is 1. The maximum atomic E-state index is 12.6. The molecule has 1 heterocycles. The van der Waals surface area contributed by atoms with E-state index in [-0.39, 0.29) is 35.0 Å². The number of carbonyl (C=O) groups excluding carboxylic acids is 1. The summed E-state index contributed by atoms with van der Waals surface area (Å²) < 4.78 is 26.1. The fourth-order valence-corrected chi connectivity index (χ4v) is 4.14. The van der Waals surface area contributed by atoms with Gasteiger partial charge < -0.3 is 10.6 Å². The first-order valence-electron chi connectivity index (χ1n) is 8.37. The minimum absolute atomic E-state index is 0.0306. The van der Waals surface area contributed by atoms with Crippen LogP contribution >= 0.6 is 0 Å². The molecule has 1 aliphatic rings. The third kappa shape index (κ3) is 4.57. The smallest absolute Gasteiger partial charge is 0.270 e. The van der Waals surface area contributed by atoms with E-state index in [2.05, 4.69) is 0 Å². The summed E-state index contributed by atoms with van der Waals surface area (Å²) in [5.74, 6) is -0.0988. The Morgan fingerprint density at radius 1 is 1.50 bits per heavy atom. The number of piperidine rings is 1. The van der Waals surface area contributed by atoms with Crippen molar-refractivity contribution in [3.63, 3.8) is 0 Å². The number of likely N-dealkylation sites (tertiary alicyclic amines) is 1. The number of carbonyl (C=O) groups is 1. The molecule has 1 fully saturated rings. The number of rotatable bonds is 6. The van der Waals surface area contributed by atoms with E-state index in [1.165, 1.54) is 25.2 Å². The largest absolute Gasteiger partial charge is 0.341 e. The van der Waals surface area contributed by atoms with E-state index in [0.717, 1.165) is 23.2 Å². The van der Waals surface area contributed by atoms with Crippen LogP contribution in [-0.4, -0.2) is 61.2 Å². The van der Waals surface area contributed by atoms with Gasteiger partial charge in [0.1, 0.15) is 0 Å². The van der Waals surface area contributed by atoms with Gasteiger partial charge in [-0.2, -0.15) is 4.31 Å². The molecule has 1 aromatic carbocycles. The lowest BCUT2D eigenvalue weighted by Crippen LogP contribution is -2.48. The van der Waals surface area contributed by atoms with Gasteiger partial charge in [-0.05, 0) is 31.7 Å². The first-order valence-corrected chi connectivity index (χ1v) is 9.81. The Kier molecular flexibility index (Phi) is 6.32. The van der Waals surface area contributed by atoms with Gasteiger partial charge in [0.2, 0.25) is 15.9 Å². The normalized spacial score (nSPS) is 19.4.